The summed E-state index contributed by atoms with van der Waals surface area (Å²) in [4.78, 5) is 6.72. The maximum atomic E-state index is 13.2. The van der Waals surface area contributed by atoms with Gasteiger partial charge in [0.2, 0.25) is 0 Å². The predicted octanol–water partition coefficient (Wildman–Crippen LogP) is 2.94. The zero-order chi connectivity index (χ0) is 11.4. The van der Waals surface area contributed by atoms with Gasteiger partial charge < -0.3 is 4.98 Å². The van der Waals surface area contributed by atoms with Crippen molar-refractivity contribution in [3.8, 4) is 0 Å². The van der Waals surface area contributed by atoms with E-state index in [2.05, 4.69) is 9.97 Å². The van der Waals surface area contributed by atoms with E-state index in [0.29, 0.717) is 12.0 Å². The Morgan fingerprint density at radius 3 is 2.94 bits per heavy atom. The monoisotopic (exact) mass is 220 g/mol. The summed E-state index contributed by atoms with van der Waals surface area (Å²) in [5.74, 6) is -1.59. The Kier molecular flexibility index (Phi) is 3.10. The highest BCUT2D eigenvalue weighted by molar-refractivity contribution is 5.43. The zero-order valence-electron chi connectivity index (χ0n) is 8.45. The number of H-pyrrole nitrogens is 1. The molecule has 0 saturated carbocycles. The lowest BCUT2D eigenvalue weighted by molar-refractivity contribution is 0.501. The van der Waals surface area contributed by atoms with Crippen molar-refractivity contribution in [3.05, 3.63) is 59.7 Å². The predicted molar refractivity (Wildman–Crippen MR) is 57.7 cm³/mol. The lowest BCUT2D eigenvalue weighted by Gasteiger charge is -1.99. The maximum Gasteiger partial charge on any atom is 0.162 e. The topological polar surface area (TPSA) is 28.7 Å². The molecule has 1 N–H and O–H groups in total. The van der Waals surface area contributed by atoms with E-state index in [-0.39, 0.29) is 0 Å². The first kappa shape index (κ1) is 10.5. The number of benzene rings is 1. The molecule has 16 heavy (non-hydrogen) atoms. The van der Waals surface area contributed by atoms with E-state index in [4.69, 9.17) is 0 Å². The van der Waals surface area contributed by atoms with Crippen molar-refractivity contribution in [2.24, 2.45) is 0 Å². The lowest BCUT2D eigenvalue weighted by atomic mass is 10.1. The Morgan fingerprint density at radius 1 is 1.31 bits per heavy atom. The minimum atomic E-state index is -0.813. The van der Waals surface area contributed by atoms with Crippen LogP contribution < -0.4 is 0 Å². The summed E-state index contributed by atoms with van der Waals surface area (Å²) in [6.45, 7) is 0. The number of nitrogens with one attached hydrogen (secondary N) is 1. The Hall–Kier alpha value is -1.97. The van der Waals surface area contributed by atoms with Gasteiger partial charge in [-0.05, 0) is 24.1 Å². The van der Waals surface area contributed by atoms with Crippen LogP contribution in [0.15, 0.2) is 36.8 Å². The van der Waals surface area contributed by atoms with E-state index in [1.54, 1.807) is 30.7 Å². The number of nitrogens with zero attached hydrogens (tertiary/aromatic N) is 1. The third kappa shape index (κ3) is 2.34. The number of rotatable bonds is 3. The van der Waals surface area contributed by atoms with Crippen LogP contribution in [-0.2, 0) is 6.42 Å². The summed E-state index contributed by atoms with van der Waals surface area (Å²) in [7, 11) is 0. The minimum absolute atomic E-state index is 0.343. The van der Waals surface area contributed by atoms with E-state index >= 15 is 0 Å². The Bertz CT molecular complexity index is 490. The van der Waals surface area contributed by atoms with Gasteiger partial charge in [-0.2, -0.15) is 0 Å². The quantitative estimate of drug-likeness (QED) is 0.846. The van der Waals surface area contributed by atoms with Crippen LogP contribution in [0.3, 0.4) is 0 Å². The van der Waals surface area contributed by atoms with Crippen molar-refractivity contribution < 1.29 is 8.78 Å². The molecule has 4 heteroatoms. The maximum absolute atomic E-state index is 13.2. The molecule has 0 saturated heterocycles. The molecule has 1 aromatic carbocycles. The SMILES string of the molecule is Fc1cccc(CC=Cc2cnc[nH]2)c1F. The number of hydrogen-bond donors (Lipinski definition) is 1. The second kappa shape index (κ2) is 4.70. The van der Waals surface area contributed by atoms with E-state index in [9.17, 15) is 8.78 Å². The summed E-state index contributed by atoms with van der Waals surface area (Å²) in [6, 6.07) is 4.17. The number of halogens is 2. The molecule has 0 aliphatic carbocycles. The fourth-order valence-electron chi connectivity index (χ4n) is 1.38. The molecule has 0 fully saturated rings. The first-order chi connectivity index (χ1) is 7.77. The second-order valence-electron chi connectivity index (χ2n) is 3.33. The number of imidazole rings is 1. The Morgan fingerprint density at radius 2 is 2.19 bits per heavy atom. The molecule has 0 bridgehead atoms. The molecule has 0 amide bonds. The van der Waals surface area contributed by atoms with E-state index in [1.165, 1.54) is 6.07 Å². The molecule has 0 atom stereocenters. The van der Waals surface area contributed by atoms with Gasteiger partial charge in [-0.15, -0.1) is 0 Å². The number of hydrogen-bond acceptors (Lipinski definition) is 1. The van der Waals surface area contributed by atoms with Crippen molar-refractivity contribution in [1.29, 1.82) is 0 Å². The zero-order valence-corrected chi connectivity index (χ0v) is 8.45. The van der Waals surface area contributed by atoms with Crippen LogP contribution in [-0.4, -0.2) is 9.97 Å². The third-order valence-corrected chi connectivity index (χ3v) is 2.19. The smallest absolute Gasteiger partial charge is 0.162 e. The van der Waals surface area contributed by atoms with Crippen LogP contribution in [0.25, 0.3) is 6.08 Å². The molecule has 0 aliphatic rings. The molecule has 2 rings (SSSR count). The lowest BCUT2D eigenvalue weighted by Crippen LogP contribution is -1.91. The first-order valence-corrected chi connectivity index (χ1v) is 4.85. The molecular weight excluding hydrogens is 210 g/mol. The molecule has 1 heterocycles. The highest BCUT2D eigenvalue weighted by Gasteiger charge is 2.05. The highest BCUT2D eigenvalue weighted by Crippen LogP contribution is 2.12. The Labute approximate surface area is 91.7 Å². The van der Waals surface area contributed by atoms with Gasteiger partial charge in [0.25, 0.3) is 0 Å². The van der Waals surface area contributed by atoms with Crippen molar-refractivity contribution >= 4 is 6.08 Å². The summed E-state index contributed by atoms with van der Waals surface area (Å²) in [5.41, 5.74) is 1.17. The minimum Gasteiger partial charge on any atom is -0.345 e. The molecule has 2 aromatic rings. The van der Waals surface area contributed by atoms with Gasteiger partial charge in [0, 0.05) is 0 Å². The van der Waals surface area contributed by atoms with E-state index < -0.39 is 11.6 Å². The summed E-state index contributed by atoms with van der Waals surface area (Å²) >= 11 is 0. The summed E-state index contributed by atoms with van der Waals surface area (Å²) < 4.78 is 26.1. The largest absolute Gasteiger partial charge is 0.345 e. The van der Waals surface area contributed by atoms with Gasteiger partial charge in [-0.3, -0.25) is 0 Å². The van der Waals surface area contributed by atoms with Crippen molar-refractivity contribution in [1.82, 2.24) is 9.97 Å². The molecule has 0 radical (unpaired) electrons. The molecule has 0 aliphatic heterocycles. The van der Waals surface area contributed by atoms with Gasteiger partial charge in [-0.1, -0.05) is 18.2 Å². The van der Waals surface area contributed by atoms with Crippen molar-refractivity contribution in [2.45, 2.75) is 6.42 Å². The van der Waals surface area contributed by atoms with Gasteiger partial charge in [0.05, 0.1) is 18.2 Å². The van der Waals surface area contributed by atoms with Crippen LogP contribution in [0.5, 0.6) is 0 Å². The molecule has 1 aromatic heterocycles. The standard InChI is InChI=1S/C12H10F2N2/c13-11-6-2-4-9(12(11)14)3-1-5-10-7-15-8-16-10/h1-2,4-8H,3H2,(H,15,16). The summed E-state index contributed by atoms with van der Waals surface area (Å²) in [6.07, 6.45) is 7.09. The molecular formula is C12H10F2N2. The molecule has 2 nitrogen and oxygen atoms in total. The fourth-order valence-corrected chi connectivity index (χ4v) is 1.38. The van der Waals surface area contributed by atoms with Crippen LogP contribution in [0, 0.1) is 11.6 Å². The van der Waals surface area contributed by atoms with Crippen LogP contribution in [0.4, 0.5) is 8.78 Å². The second-order valence-corrected chi connectivity index (χ2v) is 3.33. The van der Waals surface area contributed by atoms with Gasteiger partial charge in [0.1, 0.15) is 0 Å². The number of aromatic amines is 1. The molecule has 0 unspecified atom stereocenters. The van der Waals surface area contributed by atoms with Crippen LogP contribution in [0.1, 0.15) is 11.3 Å². The van der Waals surface area contributed by atoms with Gasteiger partial charge in [-0.25, -0.2) is 13.8 Å². The average molecular weight is 220 g/mol. The van der Waals surface area contributed by atoms with Crippen molar-refractivity contribution in [3.63, 3.8) is 0 Å². The first-order valence-electron chi connectivity index (χ1n) is 4.85. The summed E-state index contributed by atoms with van der Waals surface area (Å²) in [5, 5.41) is 0. The van der Waals surface area contributed by atoms with Crippen LogP contribution >= 0.6 is 0 Å². The number of aromatic nitrogens is 2. The van der Waals surface area contributed by atoms with E-state index in [0.717, 1.165) is 11.8 Å². The highest BCUT2D eigenvalue weighted by atomic mass is 19.2. The average Bonchev–Trinajstić information content (AvgIpc) is 2.77. The van der Waals surface area contributed by atoms with Gasteiger partial charge in [0.15, 0.2) is 11.6 Å². The Balaban J connectivity index is 2.08. The normalized spacial score (nSPS) is 11.1. The number of allylic oxidation sites excluding steroid dienone is 1. The third-order valence-electron chi connectivity index (χ3n) is 2.19. The molecule has 82 valence electrons. The fraction of sp³-hybridized carbons (Fsp3) is 0.0833. The van der Waals surface area contributed by atoms with Crippen molar-refractivity contribution in [2.75, 3.05) is 0 Å². The molecule has 0 spiro atoms. The van der Waals surface area contributed by atoms with Crippen LogP contribution in [0.2, 0.25) is 0 Å². The van der Waals surface area contributed by atoms with Gasteiger partial charge >= 0.3 is 0 Å². The van der Waals surface area contributed by atoms with E-state index in [1.807, 2.05) is 0 Å².